The summed E-state index contributed by atoms with van der Waals surface area (Å²) < 4.78 is 10.6. The van der Waals surface area contributed by atoms with Crippen molar-refractivity contribution >= 4 is 46.7 Å². The number of ether oxygens (including phenoxy) is 2. The minimum atomic E-state index is -0.190. The molecule has 4 rings (SSSR count). The zero-order valence-corrected chi connectivity index (χ0v) is 19.6. The number of amides is 2. The Balaban J connectivity index is 0.000000181. The highest BCUT2D eigenvalue weighted by atomic mass is 32.2. The summed E-state index contributed by atoms with van der Waals surface area (Å²) in [5.74, 6) is 1.43. The minimum absolute atomic E-state index is 0.0203. The zero-order valence-electron chi connectivity index (χ0n) is 17.9. The molecule has 0 aliphatic carbocycles. The lowest BCUT2D eigenvalue weighted by molar-refractivity contribution is -0.117. The third-order valence-corrected chi connectivity index (χ3v) is 6.80. The number of hydrogen-bond acceptors (Lipinski definition) is 6. The number of carbonyl (C=O) groups excluding carboxylic acids is 2. The fourth-order valence-corrected chi connectivity index (χ4v) is 4.49. The monoisotopic (exact) mass is 470 g/mol. The van der Waals surface area contributed by atoms with Gasteiger partial charge in [0.05, 0.1) is 12.9 Å². The first kappa shape index (κ1) is 23.8. The summed E-state index contributed by atoms with van der Waals surface area (Å²) in [4.78, 5) is 24.5. The fourth-order valence-electron chi connectivity index (χ4n) is 2.91. The second-order valence-corrected chi connectivity index (χ2v) is 9.09. The van der Waals surface area contributed by atoms with Gasteiger partial charge in [0.2, 0.25) is 5.91 Å². The number of carbonyl (C=O) groups is 2. The van der Waals surface area contributed by atoms with Gasteiger partial charge in [-0.1, -0.05) is 36.4 Å². The van der Waals surface area contributed by atoms with Gasteiger partial charge in [-0.25, -0.2) is 0 Å². The molecule has 2 aliphatic rings. The molecule has 2 amide bonds. The van der Waals surface area contributed by atoms with Gasteiger partial charge >= 0.3 is 0 Å². The highest BCUT2D eigenvalue weighted by Gasteiger charge is 2.28. The zero-order chi connectivity index (χ0) is 22.8. The largest absolute Gasteiger partial charge is 0.496 e. The van der Waals surface area contributed by atoms with Crippen molar-refractivity contribution in [3.63, 3.8) is 0 Å². The average Bonchev–Trinajstić information content (AvgIpc) is 2.81. The van der Waals surface area contributed by atoms with Crippen molar-refractivity contribution in [2.75, 3.05) is 23.0 Å². The van der Waals surface area contributed by atoms with Crippen LogP contribution in [0.2, 0.25) is 0 Å². The summed E-state index contributed by atoms with van der Waals surface area (Å²) in [5, 5.41) is 7.32. The predicted molar refractivity (Wildman–Crippen MR) is 132 cm³/mol. The Morgan fingerprint density at radius 2 is 1.59 bits per heavy atom. The molecule has 2 aromatic rings. The molecule has 2 unspecified atom stereocenters. The van der Waals surface area contributed by atoms with Crippen LogP contribution in [0.15, 0.2) is 83.0 Å². The van der Waals surface area contributed by atoms with E-state index in [0.29, 0.717) is 17.3 Å². The van der Waals surface area contributed by atoms with Gasteiger partial charge in [0.15, 0.2) is 0 Å². The maximum atomic E-state index is 11.9. The molecule has 0 saturated heterocycles. The first-order valence-corrected chi connectivity index (χ1v) is 12.1. The van der Waals surface area contributed by atoms with Gasteiger partial charge in [-0.3, -0.25) is 9.59 Å². The lowest BCUT2D eigenvalue weighted by Gasteiger charge is -2.24. The molecular weight excluding hydrogens is 444 g/mol. The molecule has 0 radical (unpaired) electrons. The van der Waals surface area contributed by atoms with Crippen LogP contribution in [0.4, 0.5) is 11.4 Å². The molecule has 8 heteroatoms. The van der Waals surface area contributed by atoms with Gasteiger partial charge in [-0.05, 0) is 38.1 Å². The van der Waals surface area contributed by atoms with Gasteiger partial charge in [0, 0.05) is 22.5 Å². The number of para-hydroxylation sites is 2. The fraction of sp³-hybridized carbons (Fsp3) is 0.250. The van der Waals surface area contributed by atoms with Crippen LogP contribution in [0.5, 0.6) is 0 Å². The third kappa shape index (κ3) is 7.10. The smallest absolute Gasteiger partial charge is 0.265 e. The van der Waals surface area contributed by atoms with Gasteiger partial charge in [-0.2, -0.15) is 0 Å². The summed E-state index contributed by atoms with van der Waals surface area (Å²) in [6.45, 7) is 4.40. The molecule has 32 heavy (non-hydrogen) atoms. The van der Waals surface area contributed by atoms with Gasteiger partial charge in [-0.15, -0.1) is 23.5 Å². The summed E-state index contributed by atoms with van der Waals surface area (Å²) in [5.41, 5.74) is 1.62. The molecule has 2 heterocycles. The van der Waals surface area contributed by atoms with E-state index in [1.807, 2.05) is 74.5 Å². The average molecular weight is 471 g/mol. The van der Waals surface area contributed by atoms with Crippen LogP contribution in [0, 0.1) is 0 Å². The van der Waals surface area contributed by atoms with Crippen LogP contribution in [0.3, 0.4) is 0 Å². The van der Waals surface area contributed by atoms with Crippen LogP contribution < -0.4 is 10.6 Å². The molecular formula is C24H26N2O4S2. The van der Waals surface area contributed by atoms with Gasteiger partial charge < -0.3 is 20.1 Å². The second-order valence-electron chi connectivity index (χ2n) is 6.93. The molecule has 6 nitrogen and oxygen atoms in total. The van der Waals surface area contributed by atoms with Crippen molar-refractivity contribution in [1.82, 2.24) is 0 Å². The van der Waals surface area contributed by atoms with Crippen molar-refractivity contribution in [2.45, 2.75) is 25.2 Å². The number of rotatable bonds is 4. The van der Waals surface area contributed by atoms with Gasteiger partial charge in [0.25, 0.3) is 5.91 Å². The highest BCUT2D eigenvalue weighted by molar-refractivity contribution is 8.04. The van der Waals surface area contributed by atoms with Crippen molar-refractivity contribution in [3.8, 4) is 0 Å². The van der Waals surface area contributed by atoms with E-state index in [4.69, 9.17) is 9.47 Å². The maximum absolute atomic E-state index is 11.9. The Kier molecular flexibility index (Phi) is 9.13. The number of thioether (sulfide) groups is 2. The Labute approximate surface area is 196 Å². The number of hydrogen-bond donors (Lipinski definition) is 2. The molecule has 0 spiro atoms. The molecule has 2 aromatic carbocycles. The molecule has 168 valence electrons. The highest BCUT2D eigenvalue weighted by Crippen LogP contribution is 2.26. The number of allylic oxidation sites excluding steroid dienone is 1. The van der Waals surface area contributed by atoms with E-state index in [0.717, 1.165) is 17.1 Å². The molecule has 2 N–H and O–H groups in total. The van der Waals surface area contributed by atoms with E-state index in [2.05, 4.69) is 10.6 Å². The lowest BCUT2D eigenvalue weighted by Crippen LogP contribution is -2.35. The molecule has 2 atom stereocenters. The molecule has 0 bridgehead atoms. The number of benzene rings is 2. The Hall–Kier alpha value is -2.84. The Morgan fingerprint density at radius 1 is 0.969 bits per heavy atom. The standard InChI is InChI=1S/2C12H13NO2S/c2*1-9-11(16-8-7-15-9)12(14)13-10-5-3-2-4-6-10/h2-6H,7-8H2,1H3,(H,13,14);2-9,11H,1H3,(H,13,14). The van der Waals surface area contributed by atoms with Crippen LogP contribution in [0.1, 0.15) is 13.8 Å². The quantitative estimate of drug-likeness (QED) is 0.637. The van der Waals surface area contributed by atoms with E-state index < -0.39 is 0 Å². The van der Waals surface area contributed by atoms with E-state index in [1.165, 1.54) is 11.8 Å². The number of nitrogens with one attached hydrogen (secondary N) is 2. The topological polar surface area (TPSA) is 76.7 Å². The lowest BCUT2D eigenvalue weighted by atomic mass is 10.2. The van der Waals surface area contributed by atoms with Crippen LogP contribution in [0.25, 0.3) is 0 Å². The summed E-state index contributed by atoms with van der Waals surface area (Å²) in [7, 11) is 0. The van der Waals surface area contributed by atoms with E-state index >= 15 is 0 Å². The third-order valence-electron chi connectivity index (χ3n) is 4.51. The normalized spacial score (nSPS) is 19.6. The number of anilines is 2. The van der Waals surface area contributed by atoms with E-state index in [9.17, 15) is 9.59 Å². The van der Waals surface area contributed by atoms with E-state index in [-0.39, 0.29) is 23.2 Å². The van der Waals surface area contributed by atoms with Crippen molar-refractivity contribution in [3.05, 3.63) is 83.0 Å². The Bertz CT molecular complexity index is 964. The first-order valence-electron chi connectivity index (χ1n) is 10.2. The summed E-state index contributed by atoms with van der Waals surface area (Å²) >= 11 is 3.02. The molecule has 0 aromatic heterocycles. The van der Waals surface area contributed by atoms with Crippen LogP contribution >= 0.6 is 23.5 Å². The SMILES string of the molecule is CC1=C(C(=O)Nc2ccccc2)SCCO1.CC1OC=CSC1C(=O)Nc1ccccc1. The van der Waals surface area contributed by atoms with Crippen molar-refractivity contribution in [2.24, 2.45) is 0 Å². The van der Waals surface area contributed by atoms with Crippen LogP contribution in [-0.4, -0.2) is 35.5 Å². The molecule has 0 saturated carbocycles. The van der Waals surface area contributed by atoms with Crippen LogP contribution in [-0.2, 0) is 19.1 Å². The van der Waals surface area contributed by atoms with Crippen molar-refractivity contribution in [1.29, 1.82) is 0 Å². The second kappa shape index (κ2) is 12.3. The minimum Gasteiger partial charge on any atom is -0.496 e. The summed E-state index contributed by atoms with van der Waals surface area (Å²) in [6, 6.07) is 18.9. The molecule has 2 aliphatic heterocycles. The van der Waals surface area contributed by atoms with Gasteiger partial charge in [0.1, 0.15) is 22.0 Å². The summed E-state index contributed by atoms with van der Waals surface area (Å²) in [6.07, 6.45) is 1.53. The first-order chi connectivity index (χ1) is 15.5. The molecule has 0 fully saturated rings. The predicted octanol–water partition coefficient (Wildman–Crippen LogP) is 5.24. The van der Waals surface area contributed by atoms with E-state index in [1.54, 1.807) is 23.4 Å². The maximum Gasteiger partial charge on any atom is 0.265 e. The van der Waals surface area contributed by atoms with Crippen molar-refractivity contribution < 1.29 is 19.1 Å². The Morgan fingerprint density at radius 3 is 2.19 bits per heavy atom.